The maximum absolute atomic E-state index is 12.5. The van der Waals surface area contributed by atoms with Crippen LogP contribution < -0.4 is 4.72 Å². The Balaban J connectivity index is 2.03. The minimum atomic E-state index is -3.81. The summed E-state index contributed by atoms with van der Waals surface area (Å²) >= 11 is 0. The predicted molar refractivity (Wildman–Crippen MR) is 89.7 cm³/mol. The molecule has 0 unspecified atom stereocenters. The first kappa shape index (κ1) is 15.6. The van der Waals surface area contributed by atoms with Crippen LogP contribution in [0.5, 0.6) is 0 Å². The van der Waals surface area contributed by atoms with Crippen molar-refractivity contribution in [3.8, 4) is 12.1 Å². The smallest absolute Gasteiger partial charge is 0.261 e. The van der Waals surface area contributed by atoms with Crippen LogP contribution >= 0.6 is 0 Å². The molecule has 0 aliphatic carbocycles. The second kappa shape index (κ2) is 5.73. The SMILES string of the molecule is Cc1cc(NS(=O)(=O)c2cccc(C#N)c2)cc2[nH]cc(C#N)c12. The van der Waals surface area contributed by atoms with Crippen LogP contribution in [0.2, 0.25) is 0 Å². The topological polar surface area (TPSA) is 110 Å². The molecule has 0 radical (unpaired) electrons. The van der Waals surface area contributed by atoms with E-state index < -0.39 is 10.0 Å². The highest BCUT2D eigenvalue weighted by Gasteiger charge is 2.16. The first-order chi connectivity index (χ1) is 11.4. The average Bonchev–Trinajstić information content (AvgIpc) is 2.98. The zero-order chi connectivity index (χ0) is 17.3. The molecule has 3 rings (SSSR count). The van der Waals surface area contributed by atoms with Crippen molar-refractivity contribution in [3.63, 3.8) is 0 Å². The van der Waals surface area contributed by atoms with E-state index in [4.69, 9.17) is 10.5 Å². The zero-order valence-electron chi connectivity index (χ0n) is 12.7. The molecule has 0 fully saturated rings. The lowest BCUT2D eigenvalue weighted by Gasteiger charge is -2.10. The number of nitriles is 2. The van der Waals surface area contributed by atoms with Crippen LogP contribution in [0.4, 0.5) is 5.69 Å². The molecule has 1 aromatic heterocycles. The predicted octanol–water partition coefficient (Wildman–Crippen LogP) is 3.02. The van der Waals surface area contributed by atoms with Crippen LogP contribution in [0.15, 0.2) is 47.5 Å². The maximum Gasteiger partial charge on any atom is 0.261 e. The van der Waals surface area contributed by atoms with Gasteiger partial charge in [-0.15, -0.1) is 0 Å². The van der Waals surface area contributed by atoms with Gasteiger partial charge in [-0.25, -0.2) is 8.42 Å². The molecule has 0 atom stereocenters. The van der Waals surface area contributed by atoms with Crippen molar-refractivity contribution in [2.24, 2.45) is 0 Å². The highest BCUT2D eigenvalue weighted by Crippen LogP contribution is 2.27. The van der Waals surface area contributed by atoms with Gasteiger partial charge < -0.3 is 4.98 Å². The van der Waals surface area contributed by atoms with E-state index in [9.17, 15) is 8.42 Å². The fourth-order valence-corrected chi connectivity index (χ4v) is 3.66. The number of nitrogens with zero attached hydrogens (tertiary/aromatic N) is 2. The van der Waals surface area contributed by atoms with E-state index in [-0.39, 0.29) is 10.5 Å². The summed E-state index contributed by atoms with van der Waals surface area (Å²) in [4.78, 5) is 2.98. The highest BCUT2D eigenvalue weighted by atomic mass is 32.2. The van der Waals surface area contributed by atoms with E-state index in [1.54, 1.807) is 18.3 Å². The van der Waals surface area contributed by atoms with Crippen LogP contribution in [-0.2, 0) is 10.0 Å². The normalized spacial score (nSPS) is 11.0. The second-order valence-electron chi connectivity index (χ2n) is 5.27. The largest absolute Gasteiger partial charge is 0.360 e. The molecule has 0 saturated carbocycles. The molecular formula is C17H12N4O2S. The van der Waals surface area contributed by atoms with Gasteiger partial charge in [-0.1, -0.05) is 6.07 Å². The Morgan fingerprint density at radius 1 is 1.12 bits per heavy atom. The van der Waals surface area contributed by atoms with Gasteiger partial charge in [0.1, 0.15) is 6.07 Å². The Bertz CT molecular complexity index is 1130. The summed E-state index contributed by atoms with van der Waals surface area (Å²) in [5.41, 5.74) is 2.63. The fourth-order valence-electron chi connectivity index (χ4n) is 2.57. The standard InChI is InChI=1S/C17H12N4O2S/c1-11-5-14(7-16-17(11)13(9-19)10-20-16)21-24(22,23)15-4-2-3-12(6-15)8-18/h2-7,10,20-21H,1H3. The number of aromatic nitrogens is 1. The molecule has 0 amide bonds. The molecule has 2 aromatic carbocycles. The molecule has 3 aromatic rings. The minimum Gasteiger partial charge on any atom is -0.360 e. The van der Waals surface area contributed by atoms with E-state index in [0.29, 0.717) is 16.8 Å². The van der Waals surface area contributed by atoms with E-state index in [2.05, 4.69) is 15.8 Å². The molecular weight excluding hydrogens is 324 g/mol. The first-order valence-corrected chi connectivity index (χ1v) is 8.48. The number of sulfonamides is 1. The maximum atomic E-state index is 12.5. The van der Waals surface area contributed by atoms with Crippen molar-refractivity contribution >= 4 is 26.6 Å². The number of hydrogen-bond acceptors (Lipinski definition) is 4. The van der Waals surface area contributed by atoms with Crippen LogP contribution in [0.3, 0.4) is 0 Å². The molecule has 0 aliphatic rings. The van der Waals surface area contributed by atoms with Crippen LogP contribution in [0.25, 0.3) is 10.9 Å². The Kier molecular flexibility index (Phi) is 3.72. The summed E-state index contributed by atoms with van der Waals surface area (Å²) in [7, 11) is -3.81. The Hall–Kier alpha value is -3.29. The van der Waals surface area contributed by atoms with E-state index in [0.717, 1.165) is 10.9 Å². The summed E-state index contributed by atoms with van der Waals surface area (Å²) in [6, 6.07) is 13.1. The molecule has 0 saturated heterocycles. The van der Waals surface area contributed by atoms with Gasteiger partial charge in [0.2, 0.25) is 0 Å². The summed E-state index contributed by atoms with van der Waals surface area (Å²) < 4.78 is 27.5. The van der Waals surface area contributed by atoms with Crippen molar-refractivity contribution in [2.75, 3.05) is 4.72 Å². The van der Waals surface area contributed by atoms with E-state index in [1.165, 1.54) is 24.3 Å². The lowest BCUT2D eigenvalue weighted by atomic mass is 10.1. The molecule has 118 valence electrons. The summed E-state index contributed by atoms with van der Waals surface area (Å²) in [5, 5.41) is 18.8. The van der Waals surface area contributed by atoms with Crippen molar-refractivity contribution in [2.45, 2.75) is 11.8 Å². The molecule has 7 heteroatoms. The number of benzene rings is 2. The monoisotopic (exact) mass is 336 g/mol. The number of rotatable bonds is 3. The number of aromatic amines is 1. The number of nitrogens with one attached hydrogen (secondary N) is 2. The number of fused-ring (bicyclic) bond motifs is 1. The molecule has 0 spiro atoms. The quantitative estimate of drug-likeness (QED) is 0.766. The third-order valence-electron chi connectivity index (χ3n) is 3.62. The molecule has 6 nitrogen and oxygen atoms in total. The fraction of sp³-hybridized carbons (Fsp3) is 0.0588. The van der Waals surface area contributed by atoms with E-state index in [1.807, 2.05) is 13.0 Å². The number of H-pyrrole nitrogens is 1. The Labute approximate surface area is 139 Å². The lowest BCUT2D eigenvalue weighted by molar-refractivity contribution is 0.601. The van der Waals surface area contributed by atoms with Crippen molar-refractivity contribution in [1.82, 2.24) is 4.98 Å². The van der Waals surface area contributed by atoms with Gasteiger partial charge in [0.15, 0.2) is 0 Å². The van der Waals surface area contributed by atoms with Gasteiger partial charge in [0, 0.05) is 17.1 Å². The van der Waals surface area contributed by atoms with Gasteiger partial charge in [-0.3, -0.25) is 4.72 Å². The first-order valence-electron chi connectivity index (χ1n) is 6.99. The van der Waals surface area contributed by atoms with Crippen molar-refractivity contribution in [3.05, 3.63) is 59.3 Å². The van der Waals surface area contributed by atoms with Crippen LogP contribution in [0, 0.1) is 29.6 Å². The number of aryl methyl sites for hydroxylation is 1. The molecule has 2 N–H and O–H groups in total. The second-order valence-corrected chi connectivity index (χ2v) is 6.96. The number of anilines is 1. The summed E-state index contributed by atoms with van der Waals surface area (Å²) in [6.45, 7) is 1.81. The van der Waals surface area contributed by atoms with Gasteiger partial charge in [-0.05, 0) is 42.8 Å². The van der Waals surface area contributed by atoms with Crippen LogP contribution in [-0.4, -0.2) is 13.4 Å². The average molecular weight is 336 g/mol. The van der Waals surface area contributed by atoms with Gasteiger partial charge >= 0.3 is 0 Å². The Morgan fingerprint density at radius 2 is 1.92 bits per heavy atom. The summed E-state index contributed by atoms with van der Waals surface area (Å²) in [6.07, 6.45) is 1.59. The van der Waals surface area contributed by atoms with Crippen molar-refractivity contribution in [1.29, 1.82) is 10.5 Å². The van der Waals surface area contributed by atoms with Gasteiger partial charge in [-0.2, -0.15) is 10.5 Å². The third-order valence-corrected chi connectivity index (χ3v) is 5.00. The zero-order valence-corrected chi connectivity index (χ0v) is 13.5. The molecule has 24 heavy (non-hydrogen) atoms. The lowest BCUT2D eigenvalue weighted by Crippen LogP contribution is -2.13. The Morgan fingerprint density at radius 3 is 2.62 bits per heavy atom. The summed E-state index contributed by atoms with van der Waals surface area (Å²) in [5.74, 6) is 0. The minimum absolute atomic E-state index is 0.0171. The van der Waals surface area contributed by atoms with Crippen LogP contribution in [0.1, 0.15) is 16.7 Å². The molecule has 0 aliphatic heterocycles. The van der Waals surface area contributed by atoms with Crippen molar-refractivity contribution < 1.29 is 8.42 Å². The van der Waals surface area contributed by atoms with E-state index >= 15 is 0 Å². The van der Waals surface area contributed by atoms with Gasteiger partial charge in [0.05, 0.1) is 27.8 Å². The third kappa shape index (κ3) is 2.69. The highest BCUT2D eigenvalue weighted by molar-refractivity contribution is 7.92. The van der Waals surface area contributed by atoms with Gasteiger partial charge in [0.25, 0.3) is 10.0 Å². The molecule has 1 heterocycles. The molecule has 0 bridgehead atoms. The number of hydrogen-bond donors (Lipinski definition) is 2.